The molecule has 1 N–H and O–H groups in total. The summed E-state index contributed by atoms with van der Waals surface area (Å²) in [5, 5.41) is 8.83. The second kappa shape index (κ2) is 6.21. The van der Waals surface area contributed by atoms with Crippen molar-refractivity contribution in [3.05, 3.63) is 47.4 Å². The fraction of sp³-hybridized carbons (Fsp3) is 0.154. The largest absolute Gasteiger partial charge is 0.433 e. The Morgan fingerprint density at radius 2 is 2.00 bits per heavy atom. The molecular weight excluding hydrogens is 319 g/mol. The first-order valence-electron chi connectivity index (χ1n) is 5.83. The van der Waals surface area contributed by atoms with Crippen molar-refractivity contribution in [1.82, 2.24) is 9.97 Å². The molecule has 114 valence electrons. The minimum atomic E-state index is -4.71. The van der Waals surface area contributed by atoms with Gasteiger partial charge >= 0.3 is 6.18 Å². The van der Waals surface area contributed by atoms with Gasteiger partial charge in [-0.3, -0.25) is 0 Å². The zero-order valence-corrected chi connectivity index (χ0v) is 11.6. The summed E-state index contributed by atoms with van der Waals surface area (Å²) in [6.45, 7) is 0. The Kier molecular flexibility index (Phi) is 4.54. The van der Waals surface area contributed by atoms with Crippen molar-refractivity contribution in [1.29, 1.82) is 5.26 Å². The Morgan fingerprint density at radius 3 is 2.59 bits per heavy atom. The predicted molar refractivity (Wildman–Crippen MR) is 71.7 cm³/mol. The van der Waals surface area contributed by atoms with Gasteiger partial charge in [-0.15, -0.1) is 0 Å². The molecule has 0 aliphatic heterocycles. The van der Waals surface area contributed by atoms with Crippen LogP contribution in [0, 0.1) is 11.3 Å². The Morgan fingerprint density at radius 1 is 1.27 bits per heavy atom. The maximum atomic E-state index is 12.9. The highest BCUT2D eigenvalue weighted by molar-refractivity contribution is 7.78. The summed E-state index contributed by atoms with van der Waals surface area (Å²) in [5.41, 5.74) is -0.728. The lowest BCUT2D eigenvalue weighted by Gasteiger charge is -2.10. The van der Waals surface area contributed by atoms with Crippen LogP contribution >= 0.6 is 0 Å². The van der Waals surface area contributed by atoms with E-state index in [0.29, 0.717) is 0 Å². The molecule has 0 saturated carbocycles. The summed E-state index contributed by atoms with van der Waals surface area (Å²) in [6.07, 6.45) is -4.71. The van der Waals surface area contributed by atoms with Crippen molar-refractivity contribution in [3.8, 4) is 17.3 Å². The molecule has 1 unspecified atom stereocenters. The van der Waals surface area contributed by atoms with Crippen LogP contribution in [0.4, 0.5) is 13.2 Å². The molecule has 0 aliphatic carbocycles. The van der Waals surface area contributed by atoms with E-state index >= 15 is 0 Å². The van der Waals surface area contributed by atoms with Gasteiger partial charge in [0.05, 0.1) is 17.3 Å². The fourth-order valence-electron chi connectivity index (χ4n) is 1.71. The molecule has 1 aromatic carbocycles. The van der Waals surface area contributed by atoms with Crippen LogP contribution in [0.25, 0.3) is 11.3 Å². The minimum absolute atomic E-state index is 0.0696. The number of hydrogen-bond donors (Lipinski definition) is 1. The number of benzene rings is 1. The number of nitriles is 1. The Bertz CT molecular complexity index is 772. The lowest BCUT2D eigenvalue weighted by Crippen LogP contribution is -2.12. The zero-order valence-electron chi connectivity index (χ0n) is 10.8. The van der Waals surface area contributed by atoms with Gasteiger partial charge in [0.1, 0.15) is 17.3 Å². The maximum absolute atomic E-state index is 12.9. The predicted octanol–water partition coefficient (Wildman–Crippen LogP) is 2.76. The van der Waals surface area contributed by atoms with E-state index in [1.54, 1.807) is 0 Å². The third-order valence-electron chi connectivity index (χ3n) is 2.60. The van der Waals surface area contributed by atoms with Gasteiger partial charge in [-0.05, 0) is 18.2 Å². The van der Waals surface area contributed by atoms with Gasteiger partial charge in [0.25, 0.3) is 0 Å². The van der Waals surface area contributed by atoms with E-state index in [0.717, 1.165) is 6.07 Å². The van der Waals surface area contributed by atoms with Crippen molar-refractivity contribution in [3.63, 3.8) is 0 Å². The molecule has 5 nitrogen and oxygen atoms in total. The summed E-state index contributed by atoms with van der Waals surface area (Å²) in [6, 6.07) is 8.48. The van der Waals surface area contributed by atoms with Crippen LogP contribution in [0.2, 0.25) is 0 Å². The van der Waals surface area contributed by atoms with Crippen LogP contribution in [0.5, 0.6) is 0 Å². The highest BCUT2D eigenvalue weighted by Gasteiger charge is 2.33. The van der Waals surface area contributed by atoms with E-state index in [2.05, 4.69) is 9.97 Å². The van der Waals surface area contributed by atoms with Gasteiger partial charge in [-0.25, -0.2) is 14.2 Å². The third-order valence-corrected chi connectivity index (χ3v) is 3.11. The molecule has 0 saturated heterocycles. The van der Waals surface area contributed by atoms with E-state index in [1.807, 2.05) is 6.07 Å². The molecule has 0 amide bonds. The average molecular weight is 327 g/mol. The average Bonchev–Trinajstić information content (AvgIpc) is 2.45. The topological polar surface area (TPSA) is 86.9 Å². The van der Waals surface area contributed by atoms with Crippen LogP contribution in [-0.4, -0.2) is 18.7 Å². The molecule has 2 rings (SSSR count). The van der Waals surface area contributed by atoms with Crippen molar-refractivity contribution >= 4 is 11.1 Å². The smallest absolute Gasteiger partial charge is 0.306 e. The van der Waals surface area contributed by atoms with Crippen molar-refractivity contribution in [2.24, 2.45) is 0 Å². The quantitative estimate of drug-likeness (QED) is 0.876. The Balaban J connectivity index is 2.59. The molecule has 1 atom stereocenters. The molecule has 9 heteroatoms. The van der Waals surface area contributed by atoms with E-state index in [-0.39, 0.29) is 16.8 Å². The van der Waals surface area contributed by atoms with Gasteiger partial charge in [-0.2, -0.15) is 18.4 Å². The molecule has 22 heavy (non-hydrogen) atoms. The normalized spacial score (nSPS) is 12.7. The lowest BCUT2D eigenvalue weighted by molar-refractivity contribution is -0.141. The molecule has 1 heterocycles. The first kappa shape index (κ1) is 16.1. The van der Waals surface area contributed by atoms with Crippen LogP contribution in [-0.2, 0) is 23.0 Å². The highest BCUT2D eigenvalue weighted by Crippen LogP contribution is 2.30. The number of rotatable bonds is 3. The number of alkyl halides is 3. The van der Waals surface area contributed by atoms with Gasteiger partial charge < -0.3 is 4.55 Å². The Hall–Kier alpha value is -2.31. The molecule has 0 aliphatic rings. The monoisotopic (exact) mass is 327 g/mol. The van der Waals surface area contributed by atoms with E-state index in [4.69, 9.17) is 9.81 Å². The fourth-order valence-corrected chi connectivity index (χ4v) is 2.06. The SMILES string of the molecule is N#Cc1cccc(-c2cc(C(F)(F)F)nc(CS(=O)O)n2)c1. The second-order valence-electron chi connectivity index (χ2n) is 4.21. The van der Waals surface area contributed by atoms with Crippen LogP contribution < -0.4 is 0 Å². The van der Waals surface area contributed by atoms with E-state index in [9.17, 15) is 17.4 Å². The lowest BCUT2D eigenvalue weighted by atomic mass is 10.1. The number of aromatic nitrogens is 2. The van der Waals surface area contributed by atoms with Gasteiger partial charge in [0.15, 0.2) is 11.1 Å². The molecule has 1 aromatic heterocycles. The summed E-state index contributed by atoms with van der Waals surface area (Å²) in [7, 11) is 0. The summed E-state index contributed by atoms with van der Waals surface area (Å²) in [4.78, 5) is 7.12. The van der Waals surface area contributed by atoms with Crippen LogP contribution in [0.3, 0.4) is 0 Å². The Labute approximate surface area is 125 Å². The summed E-state index contributed by atoms with van der Waals surface area (Å²) < 4.78 is 58.2. The number of halogens is 3. The first-order chi connectivity index (χ1) is 10.3. The first-order valence-corrected chi connectivity index (χ1v) is 7.10. The summed E-state index contributed by atoms with van der Waals surface area (Å²) in [5.74, 6) is -1.01. The van der Waals surface area contributed by atoms with Gasteiger partial charge in [0, 0.05) is 5.56 Å². The minimum Gasteiger partial charge on any atom is -0.306 e. The maximum Gasteiger partial charge on any atom is 0.433 e. The second-order valence-corrected chi connectivity index (χ2v) is 5.14. The molecule has 2 aromatic rings. The van der Waals surface area contributed by atoms with Crippen molar-refractivity contribution in [2.75, 3.05) is 0 Å². The summed E-state index contributed by atoms with van der Waals surface area (Å²) >= 11 is -2.37. The molecular formula is C13H8F3N3O2S. The van der Waals surface area contributed by atoms with Crippen LogP contribution in [0.1, 0.15) is 17.1 Å². The molecule has 0 fully saturated rings. The number of hydrogen-bond acceptors (Lipinski definition) is 4. The third kappa shape index (κ3) is 3.87. The molecule has 0 radical (unpaired) electrons. The van der Waals surface area contributed by atoms with E-state index < -0.39 is 34.5 Å². The molecule has 0 spiro atoms. The highest BCUT2D eigenvalue weighted by atomic mass is 32.2. The van der Waals surface area contributed by atoms with Crippen molar-refractivity contribution in [2.45, 2.75) is 11.9 Å². The number of nitrogens with zero attached hydrogens (tertiary/aromatic N) is 3. The van der Waals surface area contributed by atoms with Crippen LogP contribution in [0.15, 0.2) is 30.3 Å². The zero-order chi connectivity index (χ0) is 16.3. The van der Waals surface area contributed by atoms with Gasteiger partial charge in [-0.1, -0.05) is 12.1 Å². The van der Waals surface area contributed by atoms with Gasteiger partial charge in [0.2, 0.25) is 0 Å². The van der Waals surface area contributed by atoms with E-state index in [1.165, 1.54) is 24.3 Å². The molecule has 0 bridgehead atoms. The standard InChI is InChI=1S/C13H8F3N3O2S/c14-13(15,16)11-5-10(18-12(19-11)7-22(20)21)9-3-1-2-8(4-9)6-17/h1-5H,7H2,(H,20,21). The van der Waals surface area contributed by atoms with Crippen molar-refractivity contribution < 1.29 is 21.9 Å².